The zero-order valence-corrected chi connectivity index (χ0v) is 9.66. The molecular formula is C13H16N2O. The summed E-state index contributed by atoms with van der Waals surface area (Å²) >= 11 is 0. The number of hydrogen-bond donors (Lipinski definition) is 1. The first-order valence-electron chi connectivity index (χ1n) is 5.18. The summed E-state index contributed by atoms with van der Waals surface area (Å²) in [4.78, 5) is 0. The summed E-state index contributed by atoms with van der Waals surface area (Å²) in [6, 6.07) is 9.67. The Balaban J connectivity index is 2.86. The van der Waals surface area contributed by atoms with E-state index in [4.69, 9.17) is 10.00 Å². The number of nitriles is 1. The van der Waals surface area contributed by atoms with E-state index in [2.05, 4.69) is 18.3 Å². The molecular weight excluding hydrogens is 200 g/mol. The molecule has 84 valence electrons. The van der Waals surface area contributed by atoms with Crippen LogP contribution in [0.25, 0.3) is 6.08 Å². The third-order valence-corrected chi connectivity index (χ3v) is 2.07. The normalized spacial score (nSPS) is 10.9. The van der Waals surface area contributed by atoms with Gasteiger partial charge < -0.3 is 10.1 Å². The molecule has 3 nitrogen and oxygen atoms in total. The molecule has 0 aliphatic carbocycles. The molecule has 1 N–H and O–H groups in total. The average Bonchev–Trinajstić information content (AvgIpc) is 2.28. The summed E-state index contributed by atoms with van der Waals surface area (Å²) in [5, 5.41) is 11.6. The zero-order chi connectivity index (χ0) is 11.8. The van der Waals surface area contributed by atoms with Crippen LogP contribution >= 0.6 is 0 Å². The molecule has 0 aliphatic rings. The summed E-state index contributed by atoms with van der Waals surface area (Å²) in [5.74, 6) is 0.750. The molecule has 0 saturated carbocycles. The number of hydrogen-bond acceptors (Lipinski definition) is 3. The smallest absolute Gasteiger partial charge is 0.174 e. The fraction of sp³-hybridized carbons (Fsp3) is 0.308. The van der Waals surface area contributed by atoms with Gasteiger partial charge in [-0.25, -0.2) is 0 Å². The van der Waals surface area contributed by atoms with E-state index in [1.165, 1.54) is 5.57 Å². The summed E-state index contributed by atoms with van der Waals surface area (Å²) < 4.78 is 5.34. The molecule has 0 fully saturated rings. The molecule has 0 radical (unpaired) electrons. The number of nitrogens with zero attached hydrogens (tertiary/aromatic N) is 1. The Kier molecular flexibility index (Phi) is 5.10. The molecule has 0 heterocycles. The van der Waals surface area contributed by atoms with Crippen LogP contribution in [0.2, 0.25) is 0 Å². The Hall–Kier alpha value is -1.79. The van der Waals surface area contributed by atoms with Crippen molar-refractivity contribution < 1.29 is 4.74 Å². The molecule has 0 bridgehead atoms. The molecule has 1 rings (SSSR count). The van der Waals surface area contributed by atoms with Gasteiger partial charge in [0, 0.05) is 12.1 Å². The Bertz CT molecular complexity index is 405. The van der Waals surface area contributed by atoms with Crippen molar-refractivity contribution >= 4 is 6.08 Å². The van der Waals surface area contributed by atoms with Gasteiger partial charge in [0.25, 0.3) is 0 Å². The summed E-state index contributed by atoms with van der Waals surface area (Å²) in [6.07, 6.45) is 2.06. The van der Waals surface area contributed by atoms with E-state index in [0.717, 1.165) is 17.9 Å². The highest BCUT2D eigenvalue weighted by Crippen LogP contribution is 2.20. The Morgan fingerprint density at radius 2 is 2.25 bits per heavy atom. The van der Waals surface area contributed by atoms with Crippen molar-refractivity contribution in [3.05, 3.63) is 35.4 Å². The van der Waals surface area contributed by atoms with Crippen LogP contribution in [0.15, 0.2) is 29.8 Å². The second-order valence-corrected chi connectivity index (χ2v) is 3.51. The van der Waals surface area contributed by atoms with Crippen molar-refractivity contribution in [3.8, 4) is 11.8 Å². The molecule has 0 atom stereocenters. The monoisotopic (exact) mass is 216 g/mol. The van der Waals surface area contributed by atoms with E-state index in [0.29, 0.717) is 0 Å². The third-order valence-electron chi connectivity index (χ3n) is 2.07. The van der Waals surface area contributed by atoms with Crippen molar-refractivity contribution in [1.29, 1.82) is 5.26 Å². The SMILES string of the molecule is CNCC(C)=Cc1ccccc1OCC#N. The highest BCUT2D eigenvalue weighted by atomic mass is 16.5. The zero-order valence-electron chi connectivity index (χ0n) is 9.66. The van der Waals surface area contributed by atoms with E-state index >= 15 is 0 Å². The predicted octanol–water partition coefficient (Wildman–Crippen LogP) is 2.21. The van der Waals surface area contributed by atoms with Crippen LogP contribution in [0, 0.1) is 11.3 Å². The van der Waals surface area contributed by atoms with Gasteiger partial charge in [0.1, 0.15) is 11.8 Å². The lowest BCUT2D eigenvalue weighted by Gasteiger charge is -2.07. The first-order chi connectivity index (χ1) is 7.77. The van der Waals surface area contributed by atoms with Crippen LogP contribution in [0.4, 0.5) is 0 Å². The number of benzene rings is 1. The van der Waals surface area contributed by atoms with Crippen molar-refractivity contribution in [3.63, 3.8) is 0 Å². The molecule has 0 saturated heterocycles. The minimum atomic E-state index is 0.0793. The summed E-state index contributed by atoms with van der Waals surface area (Å²) in [5.41, 5.74) is 2.22. The third kappa shape index (κ3) is 3.76. The lowest BCUT2D eigenvalue weighted by atomic mass is 10.1. The maximum Gasteiger partial charge on any atom is 0.174 e. The van der Waals surface area contributed by atoms with Crippen LogP contribution in [-0.2, 0) is 0 Å². The molecule has 16 heavy (non-hydrogen) atoms. The van der Waals surface area contributed by atoms with Gasteiger partial charge in [-0.2, -0.15) is 5.26 Å². The summed E-state index contributed by atoms with van der Waals surface area (Å²) in [6.45, 7) is 2.97. The lowest BCUT2D eigenvalue weighted by Crippen LogP contribution is -2.08. The van der Waals surface area contributed by atoms with Gasteiger partial charge in [-0.15, -0.1) is 0 Å². The molecule has 0 aliphatic heterocycles. The minimum absolute atomic E-state index is 0.0793. The Morgan fingerprint density at radius 1 is 1.50 bits per heavy atom. The second-order valence-electron chi connectivity index (χ2n) is 3.51. The maximum absolute atomic E-state index is 8.48. The first-order valence-corrected chi connectivity index (χ1v) is 5.18. The Morgan fingerprint density at radius 3 is 2.94 bits per heavy atom. The minimum Gasteiger partial charge on any atom is -0.478 e. The standard InChI is InChI=1S/C13H16N2O/c1-11(10-15-2)9-12-5-3-4-6-13(12)16-8-7-14/h3-6,9,15H,8,10H2,1-2H3. The van der Waals surface area contributed by atoms with Gasteiger partial charge in [-0.05, 0) is 20.0 Å². The number of rotatable bonds is 5. The fourth-order valence-electron chi connectivity index (χ4n) is 1.44. The highest BCUT2D eigenvalue weighted by molar-refractivity contribution is 5.59. The van der Waals surface area contributed by atoms with Crippen LogP contribution in [0.5, 0.6) is 5.75 Å². The van der Waals surface area contributed by atoms with Gasteiger partial charge in [0.15, 0.2) is 6.61 Å². The predicted molar refractivity (Wildman–Crippen MR) is 65.1 cm³/mol. The molecule has 1 aromatic carbocycles. The van der Waals surface area contributed by atoms with Crippen LogP contribution < -0.4 is 10.1 Å². The maximum atomic E-state index is 8.48. The molecule has 0 unspecified atom stereocenters. The van der Waals surface area contributed by atoms with E-state index in [9.17, 15) is 0 Å². The van der Waals surface area contributed by atoms with Crippen LogP contribution in [0.1, 0.15) is 12.5 Å². The lowest BCUT2D eigenvalue weighted by molar-refractivity contribution is 0.367. The molecule has 0 aromatic heterocycles. The summed E-state index contributed by atoms with van der Waals surface area (Å²) in [7, 11) is 1.91. The van der Waals surface area contributed by atoms with E-state index in [1.54, 1.807) is 0 Å². The van der Waals surface area contributed by atoms with E-state index in [1.807, 2.05) is 37.4 Å². The topological polar surface area (TPSA) is 45.0 Å². The van der Waals surface area contributed by atoms with Gasteiger partial charge in [-0.3, -0.25) is 0 Å². The highest BCUT2D eigenvalue weighted by Gasteiger charge is 2.00. The fourth-order valence-corrected chi connectivity index (χ4v) is 1.44. The van der Waals surface area contributed by atoms with E-state index < -0.39 is 0 Å². The molecule has 0 amide bonds. The number of nitrogens with one attached hydrogen (secondary N) is 1. The van der Waals surface area contributed by atoms with E-state index in [-0.39, 0.29) is 6.61 Å². The second kappa shape index (κ2) is 6.65. The van der Waals surface area contributed by atoms with Gasteiger partial charge in [0.05, 0.1) is 0 Å². The van der Waals surface area contributed by atoms with Crippen molar-refractivity contribution in [2.75, 3.05) is 20.2 Å². The quantitative estimate of drug-likeness (QED) is 0.820. The largest absolute Gasteiger partial charge is 0.478 e. The first kappa shape index (κ1) is 12.3. The number of ether oxygens (including phenoxy) is 1. The van der Waals surface area contributed by atoms with Gasteiger partial charge in [-0.1, -0.05) is 29.8 Å². The average molecular weight is 216 g/mol. The number of likely N-dealkylation sites (N-methyl/N-ethyl adjacent to an activating group) is 1. The number of para-hydroxylation sites is 1. The van der Waals surface area contributed by atoms with Crippen LogP contribution in [-0.4, -0.2) is 20.2 Å². The molecule has 0 spiro atoms. The molecule has 1 aromatic rings. The van der Waals surface area contributed by atoms with Gasteiger partial charge >= 0.3 is 0 Å². The molecule has 3 heteroatoms. The van der Waals surface area contributed by atoms with Crippen molar-refractivity contribution in [2.24, 2.45) is 0 Å². The van der Waals surface area contributed by atoms with Gasteiger partial charge in [0.2, 0.25) is 0 Å². The van der Waals surface area contributed by atoms with Crippen molar-refractivity contribution in [1.82, 2.24) is 5.32 Å². The van der Waals surface area contributed by atoms with Crippen molar-refractivity contribution in [2.45, 2.75) is 6.92 Å². The Labute approximate surface area is 96.4 Å². The van der Waals surface area contributed by atoms with Crippen LogP contribution in [0.3, 0.4) is 0 Å².